The predicted molar refractivity (Wildman–Crippen MR) is 194 cm³/mol. The lowest BCUT2D eigenvalue weighted by molar-refractivity contribution is -0.889. The second-order valence-electron chi connectivity index (χ2n) is 14.2. The normalized spacial score (nSPS) is 13.3. The van der Waals surface area contributed by atoms with Crippen molar-refractivity contribution < 1.29 is 38.2 Å². The van der Waals surface area contributed by atoms with Gasteiger partial charge in [-0.2, -0.15) is 0 Å². The second kappa shape index (κ2) is 32.0. The van der Waals surface area contributed by atoms with Gasteiger partial charge in [0.25, 0.3) is 0 Å². The average Bonchev–Trinajstić information content (AvgIpc) is 3.03. The van der Waals surface area contributed by atoms with Crippen molar-refractivity contribution in [3.8, 4) is 0 Å². The number of hydrogen-bond donors (Lipinski definition) is 0. The van der Waals surface area contributed by atoms with Crippen molar-refractivity contribution >= 4 is 17.9 Å². The third-order valence-electron chi connectivity index (χ3n) is 8.59. The van der Waals surface area contributed by atoms with Gasteiger partial charge in [-0.05, 0) is 44.9 Å². The van der Waals surface area contributed by atoms with Gasteiger partial charge in [0, 0.05) is 19.3 Å². The first-order chi connectivity index (χ1) is 23.1. The van der Waals surface area contributed by atoms with Gasteiger partial charge in [0.15, 0.2) is 6.10 Å². The summed E-state index contributed by atoms with van der Waals surface area (Å²) in [6.07, 6.45) is 32.1. The fourth-order valence-electron chi connectivity index (χ4n) is 5.51. The summed E-state index contributed by atoms with van der Waals surface area (Å²) in [4.78, 5) is 36.5. The third-order valence-corrected chi connectivity index (χ3v) is 8.59. The minimum Gasteiger partial charge on any atom is -0.544 e. The molecule has 0 aromatic rings. The van der Waals surface area contributed by atoms with E-state index in [4.69, 9.17) is 14.2 Å². The quantitative estimate of drug-likeness (QED) is 0.0291. The molecule has 0 amide bonds. The van der Waals surface area contributed by atoms with Gasteiger partial charge in [0.05, 0.1) is 40.3 Å². The highest BCUT2D eigenvalue weighted by Crippen LogP contribution is 2.13. The number of unbranched alkanes of at least 4 members (excludes halogenated alkanes) is 16. The van der Waals surface area contributed by atoms with Crippen LogP contribution in [0.25, 0.3) is 0 Å². The molecule has 0 aliphatic heterocycles. The predicted octanol–water partition coefficient (Wildman–Crippen LogP) is 8.41. The molecular formula is C40H73NO7. The molecule has 0 aromatic heterocycles. The van der Waals surface area contributed by atoms with Crippen LogP contribution in [0, 0.1) is 0 Å². The summed E-state index contributed by atoms with van der Waals surface area (Å²) in [5.74, 6) is -1.75. The van der Waals surface area contributed by atoms with E-state index in [1.54, 1.807) is 21.1 Å². The lowest BCUT2D eigenvalue weighted by Gasteiger charge is -2.34. The molecule has 8 heteroatoms. The number of esters is 2. The van der Waals surface area contributed by atoms with Gasteiger partial charge in [-0.25, -0.2) is 0 Å². The van der Waals surface area contributed by atoms with Gasteiger partial charge in [-0.3, -0.25) is 9.59 Å². The minimum atomic E-state index is -1.13. The van der Waals surface area contributed by atoms with Crippen LogP contribution in [0.5, 0.6) is 0 Å². The SMILES string of the molecule is CCCCC/C=C/C/C=C/CCCCCCCCCC(=O)OC(COCCC(C(=O)[O-])[N+](C)(C)C)COC(=O)CCCCCCCCC. The Kier molecular flexibility index (Phi) is 30.6. The smallest absolute Gasteiger partial charge is 0.306 e. The highest BCUT2D eigenvalue weighted by molar-refractivity contribution is 5.70. The summed E-state index contributed by atoms with van der Waals surface area (Å²) in [6, 6.07) is -0.722. The van der Waals surface area contributed by atoms with Gasteiger partial charge >= 0.3 is 11.9 Å². The van der Waals surface area contributed by atoms with Crippen molar-refractivity contribution in [3.05, 3.63) is 24.3 Å². The summed E-state index contributed by atoms with van der Waals surface area (Å²) in [5.41, 5.74) is 0. The molecule has 0 radical (unpaired) electrons. The van der Waals surface area contributed by atoms with E-state index in [0.29, 0.717) is 12.8 Å². The number of rotatable bonds is 34. The monoisotopic (exact) mass is 680 g/mol. The summed E-state index contributed by atoms with van der Waals surface area (Å²) in [5, 5.41) is 11.6. The molecular weight excluding hydrogens is 606 g/mol. The van der Waals surface area contributed by atoms with Crippen LogP contribution in [-0.2, 0) is 28.6 Å². The Morgan fingerprint density at radius 3 is 1.65 bits per heavy atom. The van der Waals surface area contributed by atoms with E-state index in [-0.39, 0.29) is 42.7 Å². The molecule has 0 spiro atoms. The van der Waals surface area contributed by atoms with E-state index in [9.17, 15) is 19.5 Å². The summed E-state index contributed by atoms with van der Waals surface area (Å²) >= 11 is 0. The van der Waals surface area contributed by atoms with Crippen LogP contribution < -0.4 is 5.11 Å². The van der Waals surface area contributed by atoms with Crippen LogP contribution in [0.2, 0.25) is 0 Å². The number of aliphatic carboxylic acids is 1. The number of carboxylic acids is 1. The first kappa shape index (κ1) is 45.8. The number of carbonyl (C=O) groups is 3. The van der Waals surface area contributed by atoms with Crippen molar-refractivity contribution in [3.63, 3.8) is 0 Å². The molecule has 2 atom stereocenters. The molecule has 48 heavy (non-hydrogen) atoms. The van der Waals surface area contributed by atoms with Crippen molar-refractivity contribution in [1.29, 1.82) is 0 Å². The standard InChI is InChI=1S/C40H73NO7/c1-6-8-10-12-14-15-16-17-18-19-20-21-22-23-25-27-29-31-39(43)48-36(34-46-33-32-37(40(44)45)41(3,4)5)35-47-38(42)30-28-26-24-13-11-9-7-2/h14-15,17-18,36-37H,6-13,16,19-35H2,1-5H3/b15-14+,18-17+. The van der Waals surface area contributed by atoms with Crippen LogP contribution in [0.3, 0.4) is 0 Å². The Bertz CT molecular complexity index is 849. The average molecular weight is 680 g/mol. The Hall–Kier alpha value is -2.19. The Balaban J connectivity index is 4.34. The number of carboxylic acid groups (broad SMARTS) is 1. The molecule has 2 unspecified atom stereocenters. The zero-order valence-corrected chi connectivity index (χ0v) is 31.7. The Morgan fingerprint density at radius 2 is 1.10 bits per heavy atom. The van der Waals surface area contributed by atoms with Gasteiger partial charge in [0.1, 0.15) is 12.6 Å². The van der Waals surface area contributed by atoms with E-state index in [1.807, 2.05) is 0 Å². The number of hydrogen-bond acceptors (Lipinski definition) is 7. The molecule has 0 saturated carbocycles. The van der Waals surface area contributed by atoms with Crippen molar-refractivity contribution in [1.82, 2.24) is 0 Å². The second-order valence-corrected chi connectivity index (χ2v) is 14.2. The van der Waals surface area contributed by atoms with E-state index >= 15 is 0 Å². The lowest BCUT2D eigenvalue weighted by Crippen LogP contribution is -2.55. The summed E-state index contributed by atoms with van der Waals surface area (Å²) < 4.78 is 17.0. The lowest BCUT2D eigenvalue weighted by atomic mass is 10.1. The van der Waals surface area contributed by atoms with Gasteiger partial charge in [-0.15, -0.1) is 0 Å². The van der Waals surface area contributed by atoms with E-state index < -0.39 is 18.1 Å². The maximum absolute atomic E-state index is 12.6. The molecule has 0 rings (SSSR count). The molecule has 0 aliphatic rings. The highest BCUT2D eigenvalue weighted by atomic mass is 16.6. The molecule has 0 saturated heterocycles. The summed E-state index contributed by atoms with van der Waals surface area (Å²) in [7, 11) is 5.39. The van der Waals surface area contributed by atoms with Crippen LogP contribution in [0.15, 0.2) is 24.3 Å². The minimum absolute atomic E-state index is 0.0400. The first-order valence-corrected chi connectivity index (χ1v) is 19.4. The number of allylic oxidation sites excluding steroid dienone is 4. The van der Waals surface area contributed by atoms with E-state index in [2.05, 4.69) is 38.2 Å². The Labute approximate surface area is 294 Å². The maximum atomic E-state index is 12.6. The highest BCUT2D eigenvalue weighted by Gasteiger charge is 2.25. The third kappa shape index (κ3) is 29.9. The van der Waals surface area contributed by atoms with Crippen molar-refractivity contribution in [2.24, 2.45) is 0 Å². The molecule has 0 fully saturated rings. The summed E-state index contributed by atoms with van der Waals surface area (Å²) in [6.45, 7) is 4.57. The molecule has 0 aliphatic carbocycles. The molecule has 8 nitrogen and oxygen atoms in total. The topological polar surface area (TPSA) is 102 Å². The maximum Gasteiger partial charge on any atom is 0.306 e. The first-order valence-electron chi connectivity index (χ1n) is 19.4. The fourth-order valence-corrected chi connectivity index (χ4v) is 5.51. The molecule has 0 aromatic carbocycles. The van der Waals surface area contributed by atoms with Crippen LogP contribution in [-0.4, -0.2) is 75.5 Å². The fraction of sp³-hybridized carbons (Fsp3) is 0.825. The number of carbonyl (C=O) groups excluding carboxylic acids is 3. The van der Waals surface area contributed by atoms with Crippen LogP contribution in [0.4, 0.5) is 0 Å². The number of nitrogens with zero attached hydrogens (tertiary/aromatic N) is 1. The molecule has 280 valence electrons. The zero-order valence-electron chi connectivity index (χ0n) is 31.7. The van der Waals surface area contributed by atoms with Gasteiger partial charge in [-0.1, -0.05) is 122 Å². The van der Waals surface area contributed by atoms with Gasteiger partial charge < -0.3 is 28.6 Å². The van der Waals surface area contributed by atoms with Crippen LogP contribution >= 0.6 is 0 Å². The molecule has 0 heterocycles. The molecule has 0 bridgehead atoms. The number of quaternary nitrogens is 1. The van der Waals surface area contributed by atoms with Crippen LogP contribution in [0.1, 0.15) is 162 Å². The van der Waals surface area contributed by atoms with E-state index in [0.717, 1.165) is 51.4 Å². The van der Waals surface area contributed by atoms with Gasteiger partial charge in [0.2, 0.25) is 0 Å². The van der Waals surface area contributed by atoms with Crippen molar-refractivity contribution in [2.75, 3.05) is 41.0 Å². The number of ether oxygens (including phenoxy) is 3. The van der Waals surface area contributed by atoms with E-state index in [1.165, 1.54) is 77.0 Å². The molecule has 0 N–H and O–H groups in total. The zero-order chi connectivity index (χ0) is 35.7. The van der Waals surface area contributed by atoms with Crippen molar-refractivity contribution in [2.45, 2.75) is 174 Å². The Morgan fingerprint density at radius 1 is 0.625 bits per heavy atom. The largest absolute Gasteiger partial charge is 0.544 e. The number of likely N-dealkylation sites (N-methyl/N-ethyl adjacent to an activating group) is 1.